The van der Waals surface area contributed by atoms with E-state index in [2.05, 4.69) is 0 Å². The van der Waals surface area contributed by atoms with Crippen molar-refractivity contribution in [1.82, 2.24) is 4.31 Å². The van der Waals surface area contributed by atoms with Crippen LogP contribution in [0.1, 0.15) is 29.5 Å². The summed E-state index contributed by atoms with van der Waals surface area (Å²) in [5.74, 6) is -0.0319. The normalized spacial score (nSPS) is 16.4. The molecule has 0 radical (unpaired) electrons. The predicted octanol–water partition coefficient (Wildman–Crippen LogP) is 3.92. The number of hydrogen-bond acceptors (Lipinski definition) is 4. The van der Waals surface area contributed by atoms with Crippen LogP contribution in [0.3, 0.4) is 0 Å². The van der Waals surface area contributed by atoms with Gasteiger partial charge in [0.05, 0.1) is 5.92 Å². The first-order valence-corrected chi connectivity index (χ1v) is 10.9. The molecule has 1 heterocycles. The first-order valence-electron chi connectivity index (χ1n) is 9.37. The Kier molecular flexibility index (Phi) is 6.31. The van der Waals surface area contributed by atoms with Gasteiger partial charge in [-0.15, -0.1) is 0 Å². The van der Waals surface area contributed by atoms with Crippen LogP contribution in [-0.4, -0.2) is 31.8 Å². The summed E-state index contributed by atoms with van der Waals surface area (Å²) in [4.78, 5) is 12.5. The highest BCUT2D eigenvalue weighted by Crippen LogP contribution is 2.24. The summed E-state index contributed by atoms with van der Waals surface area (Å²) >= 11 is 0. The Morgan fingerprint density at radius 2 is 1.64 bits per heavy atom. The lowest BCUT2D eigenvalue weighted by Gasteiger charge is -2.29. The van der Waals surface area contributed by atoms with Crippen LogP contribution in [0.5, 0.6) is 5.75 Å². The fourth-order valence-electron chi connectivity index (χ4n) is 3.35. The number of carbonyl (C=O) groups excluding carboxylic acids is 1. The number of rotatable bonds is 5. The van der Waals surface area contributed by atoms with E-state index in [1.807, 2.05) is 62.4 Å². The van der Waals surface area contributed by atoms with Crippen molar-refractivity contribution in [2.75, 3.05) is 13.1 Å². The Balaban J connectivity index is 1.57. The standard InChI is InChI=1S/C22H25NO4S/c1-17-14-18(2)16-21(15-17)27-22(24)20-8-11-23(12-9-20)28(25,26)13-10-19-6-4-3-5-7-19/h3-7,10,13-16,20H,8-9,11-12H2,1-2H3/b13-10+. The molecule has 3 rings (SSSR count). The van der Waals surface area contributed by atoms with Crippen LogP contribution in [0.15, 0.2) is 53.9 Å². The second-order valence-electron chi connectivity index (χ2n) is 7.18. The number of carbonyl (C=O) groups is 1. The third kappa shape index (κ3) is 5.30. The summed E-state index contributed by atoms with van der Waals surface area (Å²) in [6.45, 7) is 4.54. The molecule has 0 bridgehead atoms. The first-order chi connectivity index (χ1) is 13.3. The molecule has 0 unspecified atom stereocenters. The Labute approximate surface area is 166 Å². The second-order valence-corrected chi connectivity index (χ2v) is 8.99. The van der Waals surface area contributed by atoms with E-state index in [0.717, 1.165) is 16.7 Å². The van der Waals surface area contributed by atoms with E-state index >= 15 is 0 Å². The molecule has 2 aromatic rings. The highest BCUT2D eigenvalue weighted by molar-refractivity contribution is 7.92. The summed E-state index contributed by atoms with van der Waals surface area (Å²) in [5, 5.41) is 1.23. The van der Waals surface area contributed by atoms with E-state index in [4.69, 9.17) is 4.74 Å². The topological polar surface area (TPSA) is 63.7 Å². The van der Waals surface area contributed by atoms with Gasteiger partial charge in [-0.05, 0) is 61.6 Å². The lowest BCUT2D eigenvalue weighted by atomic mass is 9.98. The van der Waals surface area contributed by atoms with Gasteiger partial charge in [-0.1, -0.05) is 36.4 Å². The van der Waals surface area contributed by atoms with E-state index in [0.29, 0.717) is 31.7 Å². The lowest BCUT2D eigenvalue weighted by molar-refractivity contribution is -0.140. The number of aryl methyl sites for hydroxylation is 2. The molecule has 1 aliphatic rings. The Hall–Kier alpha value is -2.44. The highest BCUT2D eigenvalue weighted by Gasteiger charge is 2.31. The van der Waals surface area contributed by atoms with Gasteiger partial charge in [0.1, 0.15) is 5.75 Å². The molecule has 1 aliphatic heterocycles. The van der Waals surface area contributed by atoms with Gasteiger partial charge in [0, 0.05) is 18.5 Å². The zero-order valence-corrected chi connectivity index (χ0v) is 17.0. The van der Waals surface area contributed by atoms with E-state index in [1.54, 1.807) is 6.08 Å². The average Bonchev–Trinajstić information content (AvgIpc) is 2.66. The Morgan fingerprint density at radius 3 is 2.25 bits per heavy atom. The Bertz CT molecular complexity index is 939. The number of ether oxygens (including phenoxy) is 1. The summed E-state index contributed by atoms with van der Waals surface area (Å²) in [7, 11) is -3.50. The predicted molar refractivity (Wildman–Crippen MR) is 110 cm³/mol. The smallest absolute Gasteiger partial charge is 0.314 e. The molecular weight excluding hydrogens is 374 g/mol. The molecular formula is C22H25NO4S. The molecule has 0 amide bonds. The average molecular weight is 400 g/mol. The van der Waals surface area contributed by atoms with Gasteiger partial charge in [-0.2, -0.15) is 4.31 Å². The summed E-state index contributed by atoms with van der Waals surface area (Å²) in [5.41, 5.74) is 2.90. The maximum atomic E-state index is 12.5. The minimum Gasteiger partial charge on any atom is -0.426 e. The molecule has 28 heavy (non-hydrogen) atoms. The number of esters is 1. The van der Waals surface area contributed by atoms with Gasteiger partial charge in [0.15, 0.2) is 0 Å². The highest BCUT2D eigenvalue weighted by atomic mass is 32.2. The van der Waals surface area contributed by atoms with E-state index in [1.165, 1.54) is 9.71 Å². The van der Waals surface area contributed by atoms with Gasteiger partial charge in [0.2, 0.25) is 10.0 Å². The SMILES string of the molecule is Cc1cc(C)cc(OC(=O)C2CCN(S(=O)(=O)/C=C/c3ccccc3)CC2)c1. The molecule has 0 atom stereocenters. The molecule has 5 nitrogen and oxygen atoms in total. The number of piperidine rings is 1. The monoisotopic (exact) mass is 399 g/mol. The third-order valence-electron chi connectivity index (χ3n) is 4.79. The van der Waals surface area contributed by atoms with Crippen molar-refractivity contribution in [3.63, 3.8) is 0 Å². The van der Waals surface area contributed by atoms with Crippen molar-refractivity contribution in [2.24, 2.45) is 5.92 Å². The zero-order chi connectivity index (χ0) is 20.1. The summed E-state index contributed by atoms with van der Waals surface area (Å²) in [6, 6.07) is 15.0. The molecule has 6 heteroatoms. The van der Waals surface area contributed by atoms with Crippen LogP contribution in [0, 0.1) is 19.8 Å². The number of benzene rings is 2. The molecule has 2 aromatic carbocycles. The first kappa shape index (κ1) is 20.3. The van der Waals surface area contributed by atoms with E-state index in [-0.39, 0.29) is 11.9 Å². The van der Waals surface area contributed by atoms with Crippen molar-refractivity contribution >= 4 is 22.1 Å². The third-order valence-corrected chi connectivity index (χ3v) is 6.36. The number of sulfonamides is 1. The van der Waals surface area contributed by atoms with E-state index < -0.39 is 10.0 Å². The quantitative estimate of drug-likeness (QED) is 0.565. The van der Waals surface area contributed by atoms with Crippen molar-refractivity contribution in [1.29, 1.82) is 0 Å². The molecule has 1 saturated heterocycles. The lowest BCUT2D eigenvalue weighted by Crippen LogP contribution is -2.40. The maximum absolute atomic E-state index is 12.5. The maximum Gasteiger partial charge on any atom is 0.314 e. The Morgan fingerprint density at radius 1 is 1.04 bits per heavy atom. The largest absolute Gasteiger partial charge is 0.426 e. The van der Waals surface area contributed by atoms with Crippen LogP contribution in [0.4, 0.5) is 0 Å². The zero-order valence-electron chi connectivity index (χ0n) is 16.2. The molecule has 0 aliphatic carbocycles. The molecule has 148 valence electrons. The minimum absolute atomic E-state index is 0.287. The van der Waals surface area contributed by atoms with Crippen molar-refractivity contribution in [2.45, 2.75) is 26.7 Å². The molecule has 0 N–H and O–H groups in total. The van der Waals surface area contributed by atoms with E-state index in [9.17, 15) is 13.2 Å². The van der Waals surface area contributed by atoms with Crippen molar-refractivity contribution in [3.8, 4) is 5.75 Å². The van der Waals surface area contributed by atoms with Crippen LogP contribution < -0.4 is 4.74 Å². The summed E-state index contributed by atoms with van der Waals surface area (Å²) < 4.78 is 32.0. The molecule has 0 spiro atoms. The number of nitrogens with zero attached hydrogens (tertiary/aromatic N) is 1. The van der Waals surface area contributed by atoms with Crippen molar-refractivity contribution < 1.29 is 17.9 Å². The van der Waals surface area contributed by atoms with Crippen molar-refractivity contribution in [3.05, 3.63) is 70.6 Å². The fourth-order valence-corrected chi connectivity index (χ4v) is 4.57. The molecule has 1 fully saturated rings. The number of hydrogen-bond donors (Lipinski definition) is 0. The van der Waals surface area contributed by atoms with Gasteiger partial charge >= 0.3 is 5.97 Å². The second kappa shape index (κ2) is 8.71. The fraction of sp³-hybridized carbons (Fsp3) is 0.318. The molecule has 0 saturated carbocycles. The van der Waals surface area contributed by atoms with Crippen LogP contribution in [0.25, 0.3) is 6.08 Å². The van der Waals surface area contributed by atoms with Crippen LogP contribution >= 0.6 is 0 Å². The van der Waals surface area contributed by atoms with Gasteiger partial charge in [-0.3, -0.25) is 4.79 Å². The minimum atomic E-state index is -3.50. The van der Waals surface area contributed by atoms with Gasteiger partial charge < -0.3 is 4.74 Å². The van der Waals surface area contributed by atoms with Gasteiger partial charge in [-0.25, -0.2) is 8.42 Å². The van der Waals surface area contributed by atoms with Gasteiger partial charge in [0.25, 0.3) is 0 Å². The van der Waals surface area contributed by atoms with Crippen LogP contribution in [0.2, 0.25) is 0 Å². The molecule has 0 aromatic heterocycles. The summed E-state index contributed by atoms with van der Waals surface area (Å²) in [6.07, 6.45) is 2.51. The van der Waals surface area contributed by atoms with Crippen LogP contribution in [-0.2, 0) is 14.8 Å².